The number of benzene rings is 3. The summed E-state index contributed by atoms with van der Waals surface area (Å²) in [7, 11) is 1.53. The average molecular weight is 514 g/mol. The zero-order chi connectivity index (χ0) is 25.5. The van der Waals surface area contributed by atoms with Crippen molar-refractivity contribution in [3.05, 3.63) is 87.8 Å². The number of thiophene rings is 1. The molecule has 0 spiro atoms. The van der Waals surface area contributed by atoms with Crippen molar-refractivity contribution in [3.63, 3.8) is 0 Å². The molecule has 0 aliphatic carbocycles. The van der Waals surface area contributed by atoms with Crippen LogP contribution in [0.3, 0.4) is 0 Å². The third-order valence-corrected chi connectivity index (χ3v) is 8.24. The normalized spacial score (nSPS) is 16.9. The van der Waals surface area contributed by atoms with Crippen molar-refractivity contribution in [1.29, 1.82) is 0 Å². The number of nitrogens with zero attached hydrogens (tertiary/aromatic N) is 1. The lowest BCUT2D eigenvalue weighted by Gasteiger charge is -2.28. The largest absolute Gasteiger partial charge is 0.493 e. The Morgan fingerprint density at radius 2 is 1.92 bits per heavy atom. The number of carbonyl (C=O) groups excluding carboxylic acids is 2. The fraction of sp³-hybridized carbons (Fsp3) is 0.241. The summed E-state index contributed by atoms with van der Waals surface area (Å²) in [5.41, 5.74) is 3.24. The number of hydrogen-bond donors (Lipinski definition) is 2. The molecule has 1 amide bonds. The van der Waals surface area contributed by atoms with E-state index < -0.39 is 12.1 Å². The summed E-state index contributed by atoms with van der Waals surface area (Å²) in [5.74, 6) is 0.212. The monoisotopic (exact) mass is 513 g/mol. The second-order valence-electron chi connectivity index (χ2n) is 9.20. The Labute approximate surface area is 219 Å². The van der Waals surface area contributed by atoms with Gasteiger partial charge in [0.25, 0.3) is 5.91 Å². The van der Waals surface area contributed by atoms with Crippen LogP contribution in [0.1, 0.15) is 49.8 Å². The van der Waals surface area contributed by atoms with Crippen molar-refractivity contribution in [2.45, 2.75) is 26.1 Å². The van der Waals surface area contributed by atoms with Crippen LogP contribution in [-0.4, -0.2) is 37.0 Å². The number of methoxy groups -OCH3 is 1. The third-order valence-electron chi connectivity index (χ3n) is 7.09. The van der Waals surface area contributed by atoms with Crippen LogP contribution in [0, 0.1) is 0 Å². The van der Waals surface area contributed by atoms with Gasteiger partial charge in [-0.3, -0.25) is 9.69 Å². The minimum absolute atomic E-state index is 0.0633. The predicted molar refractivity (Wildman–Crippen MR) is 145 cm³/mol. The summed E-state index contributed by atoms with van der Waals surface area (Å²) < 4.78 is 11.3. The van der Waals surface area contributed by atoms with Gasteiger partial charge in [-0.25, -0.2) is 4.79 Å². The zero-order valence-electron chi connectivity index (χ0n) is 20.7. The number of fused-ring (bicyclic) bond motifs is 4. The molecule has 0 fully saturated rings. The highest BCUT2D eigenvalue weighted by atomic mass is 32.1. The minimum atomic E-state index is -0.457. The molecule has 0 radical (unpaired) electrons. The molecule has 2 aliphatic rings. The molecule has 0 saturated carbocycles. The fourth-order valence-electron chi connectivity index (χ4n) is 5.11. The zero-order valence-corrected chi connectivity index (χ0v) is 21.5. The first-order valence-corrected chi connectivity index (χ1v) is 13.2. The van der Waals surface area contributed by atoms with Crippen LogP contribution in [-0.2, 0) is 13.0 Å². The van der Waals surface area contributed by atoms with Gasteiger partial charge >= 0.3 is 5.97 Å². The number of likely N-dealkylation sites (N-methyl/N-ethyl adjacent to an activating group) is 1. The van der Waals surface area contributed by atoms with Crippen LogP contribution in [0.4, 0.5) is 5.00 Å². The van der Waals surface area contributed by atoms with E-state index in [0.29, 0.717) is 17.1 Å². The maximum atomic E-state index is 13.1. The first-order chi connectivity index (χ1) is 18.1. The van der Waals surface area contributed by atoms with Gasteiger partial charge in [-0.05, 0) is 53.1 Å². The maximum absolute atomic E-state index is 13.1. The number of rotatable bonds is 5. The molecule has 0 saturated heterocycles. The van der Waals surface area contributed by atoms with Crippen LogP contribution in [0.2, 0.25) is 0 Å². The molecule has 37 heavy (non-hydrogen) atoms. The third kappa shape index (κ3) is 4.22. The Morgan fingerprint density at radius 3 is 2.76 bits per heavy atom. The van der Waals surface area contributed by atoms with E-state index in [0.717, 1.165) is 53.0 Å². The van der Waals surface area contributed by atoms with Gasteiger partial charge in [0.1, 0.15) is 11.2 Å². The number of carbonyl (C=O) groups is 2. The predicted octanol–water partition coefficient (Wildman–Crippen LogP) is 5.36. The Bertz CT molecular complexity index is 1520. The summed E-state index contributed by atoms with van der Waals surface area (Å²) in [4.78, 5) is 29.8. The molecular formula is C29H27N3O4S. The molecule has 188 valence electrons. The Hall–Kier alpha value is -3.88. The Kier molecular flexibility index (Phi) is 6.06. The lowest BCUT2D eigenvalue weighted by Crippen LogP contribution is -2.38. The van der Waals surface area contributed by atoms with Crippen molar-refractivity contribution in [3.8, 4) is 11.5 Å². The molecule has 8 heteroatoms. The van der Waals surface area contributed by atoms with Gasteiger partial charge in [-0.1, -0.05) is 49.4 Å². The number of nitrogens with one attached hydrogen (secondary N) is 2. The highest BCUT2D eigenvalue weighted by Crippen LogP contribution is 2.41. The molecule has 3 aromatic carbocycles. The van der Waals surface area contributed by atoms with E-state index in [1.165, 1.54) is 17.6 Å². The molecule has 1 aromatic heterocycles. The van der Waals surface area contributed by atoms with E-state index in [4.69, 9.17) is 9.47 Å². The summed E-state index contributed by atoms with van der Waals surface area (Å²) in [6.45, 7) is 5.02. The molecule has 3 heterocycles. The van der Waals surface area contributed by atoms with E-state index in [1.54, 1.807) is 29.5 Å². The van der Waals surface area contributed by atoms with E-state index >= 15 is 0 Å². The minimum Gasteiger partial charge on any atom is -0.493 e. The Balaban J connectivity index is 1.25. The van der Waals surface area contributed by atoms with Gasteiger partial charge in [0.2, 0.25) is 0 Å². The topological polar surface area (TPSA) is 79.9 Å². The first-order valence-electron chi connectivity index (χ1n) is 12.4. The van der Waals surface area contributed by atoms with E-state index in [2.05, 4.69) is 22.5 Å². The highest BCUT2D eigenvalue weighted by Gasteiger charge is 2.33. The second kappa shape index (κ2) is 9.53. The number of anilines is 1. The van der Waals surface area contributed by atoms with Crippen LogP contribution in [0.5, 0.6) is 11.5 Å². The molecule has 4 aromatic rings. The fourth-order valence-corrected chi connectivity index (χ4v) is 6.43. The van der Waals surface area contributed by atoms with E-state index in [1.807, 2.05) is 42.5 Å². The quantitative estimate of drug-likeness (QED) is 0.276. The van der Waals surface area contributed by atoms with E-state index in [9.17, 15) is 9.59 Å². The molecule has 1 atom stereocenters. The lowest BCUT2D eigenvalue weighted by atomic mass is 10.0. The summed E-state index contributed by atoms with van der Waals surface area (Å²) in [5, 5.41) is 9.29. The summed E-state index contributed by atoms with van der Waals surface area (Å²) in [6, 6.07) is 18.6. The van der Waals surface area contributed by atoms with Gasteiger partial charge in [0.05, 0.1) is 18.2 Å². The van der Waals surface area contributed by atoms with Crippen molar-refractivity contribution in [2.24, 2.45) is 0 Å². The van der Waals surface area contributed by atoms with Gasteiger partial charge < -0.3 is 20.1 Å². The number of ether oxygens (including phenoxy) is 2. The van der Waals surface area contributed by atoms with Gasteiger partial charge in [-0.15, -0.1) is 11.3 Å². The van der Waals surface area contributed by atoms with E-state index in [-0.39, 0.29) is 5.91 Å². The smallest absolute Gasteiger partial charge is 0.344 e. The van der Waals surface area contributed by atoms with Crippen molar-refractivity contribution < 1.29 is 19.1 Å². The lowest BCUT2D eigenvalue weighted by molar-refractivity contribution is 0.0731. The number of esters is 1. The number of amides is 1. The molecule has 2 aliphatic heterocycles. The van der Waals surface area contributed by atoms with Crippen LogP contribution >= 0.6 is 11.3 Å². The van der Waals surface area contributed by atoms with Crippen LogP contribution in [0.15, 0.2) is 60.7 Å². The standard InChI is InChI=1S/C29H27N3O4S/c1-3-32-14-13-21-24(16-32)37-28-25(21)27(33)30-26(31-28)18-11-12-22(23(15-18)35-2)36-29(34)20-10-6-8-17-7-4-5-9-19(17)20/h4-12,15,26,31H,3,13-14,16H2,1-2H3,(H,30,33). The second-order valence-corrected chi connectivity index (χ2v) is 10.3. The molecule has 7 nitrogen and oxygen atoms in total. The molecule has 2 N–H and O–H groups in total. The van der Waals surface area contributed by atoms with Gasteiger partial charge in [0, 0.05) is 18.0 Å². The molecule has 6 rings (SSSR count). The average Bonchev–Trinajstić information content (AvgIpc) is 3.31. The van der Waals surface area contributed by atoms with Crippen LogP contribution < -0.4 is 20.1 Å². The summed E-state index contributed by atoms with van der Waals surface area (Å²) >= 11 is 1.66. The van der Waals surface area contributed by atoms with Crippen molar-refractivity contribution >= 4 is 39.0 Å². The first kappa shape index (κ1) is 23.5. The van der Waals surface area contributed by atoms with Gasteiger partial charge in [0.15, 0.2) is 11.5 Å². The number of hydrogen-bond acceptors (Lipinski definition) is 7. The van der Waals surface area contributed by atoms with Crippen molar-refractivity contribution in [2.75, 3.05) is 25.5 Å². The molecular weight excluding hydrogens is 486 g/mol. The Morgan fingerprint density at radius 1 is 1.08 bits per heavy atom. The highest BCUT2D eigenvalue weighted by molar-refractivity contribution is 7.16. The SMILES string of the molecule is CCN1CCc2c(sc3c2C(=O)NC(c2ccc(OC(=O)c4cccc5ccccc45)c(OC)c2)N3)C1. The maximum Gasteiger partial charge on any atom is 0.344 e. The summed E-state index contributed by atoms with van der Waals surface area (Å²) in [6.07, 6.45) is 0.471. The van der Waals surface area contributed by atoms with Gasteiger partial charge in [-0.2, -0.15) is 0 Å². The van der Waals surface area contributed by atoms with Crippen LogP contribution in [0.25, 0.3) is 10.8 Å². The molecule has 1 unspecified atom stereocenters. The molecule has 0 bridgehead atoms. The van der Waals surface area contributed by atoms with Crippen molar-refractivity contribution in [1.82, 2.24) is 10.2 Å².